The summed E-state index contributed by atoms with van der Waals surface area (Å²) >= 11 is 1.62. The third-order valence-corrected chi connectivity index (χ3v) is 5.49. The Kier molecular flexibility index (Phi) is 2.96. The number of thiazole rings is 1. The van der Waals surface area contributed by atoms with E-state index in [2.05, 4.69) is 22.4 Å². The molecule has 108 valence electrons. The standard InChI is InChI=1S/C16H16N2O2S/c19-15(20)12-8-11-6-7-14(12)18(11)16-17-13(9-21-16)10-4-2-1-3-5-10/h1-5,9,11-12,14H,6-8H2,(H,19,20). The van der Waals surface area contributed by atoms with Crippen LogP contribution in [0.5, 0.6) is 0 Å². The summed E-state index contributed by atoms with van der Waals surface area (Å²) in [7, 11) is 0. The Labute approximate surface area is 127 Å². The van der Waals surface area contributed by atoms with Crippen LogP contribution in [0.25, 0.3) is 11.3 Å². The lowest BCUT2D eigenvalue weighted by atomic mass is 9.89. The van der Waals surface area contributed by atoms with Gasteiger partial charge in [-0.2, -0.15) is 0 Å². The van der Waals surface area contributed by atoms with E-state index in [0.717, 1.165) is 35.7 Å². The summed E-state index contributed by atoms with van der Waals surface area (Å²) in [6, 6.07) is 10.6. The maximum Gasteiger partial charge on any atom is 0.308 e. The molecule has 21 heavy (non-hydrogen) atoms. The summed E-state index contributed by atoms with van der Waals surface area (Å²) in [5, 5.41) is 12.4. The Morgan fingerprint density at radius 2 is 2.10 bits per heavy atom. The number of rotatable bonds is 3. The molecule has 2 aromatic rings. The minimum absolute atomic E-state index is 0.127. The average molecular weight is 300 g/mol. The fraction of sp³-hybridized carbons (Fsp3) is 0.375. The van der Waals surface area contributed by atoms with Gasteiger partial charge in [-0.1, -0.05) is 30.3 Å². The molecule has 3 unspecified atom stereocenters. The second kappa shape index (κ2) is 4.84. The van der Waals surface area contributed by atoms with Gasteiger partial charge in [0.2, 0.25) is 0 Å². The molecule has 3 heterocycles. The van der Waals surface area contributed by atoms with Crippen LogP contribution in [-0.4, -0.2) is 28.1 Å². The molecule has 3 atom stereocenters. The Morgan fingerprint density at radius 3 is 2.81 bits per heavy atom. The molecular weight excluding hydrogens is 284 g/mol. The van der Waals surface area contributed by atoms with E-state index in [1.54, 1.807) is 11.3 Å². The van der Waals surface area contributed by atoms with Gasteiger partial charge in [0, 0.05) is 23.0 Å². The van der Waals surface area contributed by atoms with E-state index in [1.807, 2.05) is 18.2 Å². The van der Waals surface area contributed by atoms with Crippen molar-refractivity contribution in [3.8, 4) is 11.3 Å². The van der Waals surface area contributed by atoms with Crippen molar-refractivity contribution >= 4 is 22.4 Å². The van der Waals surface area contributed by atoms with Crippen LogP contribution >= 0.6 is 11.3 Å². The third kappa shape index (κ3) is 2.03. The highest BCUT2D eigenvalue weighted by Crippen LogP contribution is 2.45. The Morgan fingerprint density at radius 1 is 1.29 bits per heavy atom. The molecule has 2 bridgehead atoms. The molecule has 2 fully saturated rings. The van der Waals surface area contributed by atoms with Crippen molar-refractivity contribution in [1.29, 1.82) is 0 Å². The lowest BCUT2D eigenvalue weighted by molar-refractivity contribution is -0.142. The topological polar surface area (TPSA) is 53.4 Å². The summed E-state index contributed by atoms with van der Waals surface area (Å²) in [5.41, 5.74) is 2.09. The van der Waals surface area contributed by atoms with Gasteiger partial charge >= 0.3 is 5.97 Å². The average Bonchev–Trinajstić information content (AvgIpc) is 3.21. The minimum Gasteiger partial charge on any atom is -0.481 e. The smallest absolute Gasteiger partial charge is 0.308 e. The van der Waals surface area contributed by atoms with Crippen LogP contribution in [0.15, 0.2) is 35.7 Å². The van der Waals surface area contributed by atoms with Crippen molar-refractivity contribution in [2.45, 2.75) is 31.3 Å². The van der Waals surface area contributed by atoms with E-state index in [1.165, 1.54) is 0 Å². The number of aliphatic carboxylic acids is 1. The van der Waals surface area contributed by atoms with E-state index >= 15 is 0 Å². The second-order valence-corrected chi connectivity index (χ2v) is 6.60. The molecule has 1 N–H and O–H groups in total. The molecule has 1 aromatic carbocycles. The number of carboxylic acid groups (broad SMARTS) is 1. The second-order valence-electron chi connectivity index (χ2n) is 5.77. The maximum absolute atomic E-state index is 11.4. The van der Waals surface area contributed by atoms with Crippen LogP contribution in [0.1, 0.15) is 19.3 Å². The maximum atomic E-state index is 11.4. The predicted molar refractivity (Wildman–Crippen MR) is 82.6 cm³/mol. The highest BCUT2D eigenvalue weighted by molar-refractivity contribution is 7.14. The molecular formula is C16H16N2O2S. The lowest BCUT2D eigenvalue weighted by Gasteiger charge is -2.21. The number of carbonyl (C=O) groups is 1. The van der Waals surface area contributed by atoms with Crippen LogP contribution in [0.3, 0.4) is 0 Å². The Bertz CT molecular complexity index is 670. The highest BCUT2D eigenvalue weighted by atomic mass is 32.1. The van der Waals surface area contributed by atoms with Crippen LogP contribution in [0, 0.1) is 5.92 Å². The molecule has 0 saturated carbocycles. The van der Waals surface area contributed by atoms with Gasteiger partial charge in [-0.05, 0) is 19.3 Å². The summed E-state index contributed by atoms with van der Waals surface area (Å²) in [5.74, 6) is -0.889. The molecule has 2 aliphatic rings. The predicted octanol–water partition coefficient (Wildman–Crippen LogP) is 3.25. The van der Waals surface area contributed by atoms with Crippen molar-refractivity contribution in [2.75, 3.05) is 4.90 Å². The van der Waals surface area contributed by atoms with Crippen molar-refractivity contribution in [3.05, 3.63) is 35.7 Å². The summed E-state index contributed by atoms with van der Waals surface area (Å²) in [4.78, 5) is 18.4. The zero-order chi connectivity index (χ0) is 14.4. The number of hydrogen-bond donors (Lipinski definition) is 1. The van der Waals surface area contributed by atoms with E-state index in [9.17, 15) is 9.90 Å². The number of aromatic nitrogens is 1. The van der Waals surface area contributed by atoms with Gasteiger partial charge in [-0.25, -0.2) is 4.98 Å². The monoisotopic (exact) mass is 300 g/mol. The normalized spacial score (nSPS) is 27.2. The number of carboxylic acids is 1. The molecule has 0 radical (unpaired) electrons. The van der Waals surface area contributed by atoms with Gasteiger partial charge in [-0.3, -0.25) is 4.79 Å². The van der Waals surface area contributed by atoms with Crippen LogP contribution in [0.2, 0.25) is 0 Å². The van der Waals surface area contributed by atoms with E-state index in [0.29, 0.717) is 6.04 Å². The Balaban J connectivity index is 1.64. The van der Waals surface area contributed by atoms with Gasteiger partial charge in [0.1, 0.15) is 0 Å². The minimum atomic E-state index is -0.660. The lowest BCUT2D eigenvalue weighted by Crippen LogP contribution is -2.32. The van der Waals surface area contributed by atoms with Crippen LogP contribution in [-0.2, 0) is 4.79 Å². The van der Waals surface area contributed by atoms with Crippen molar-refractivity contribution < 1.29 is 9.90 Å². The molecule has 5 heteroatoms. The Hall–Kier alpha value is -1.88. The number of benzene rings is 1. The van der Waals surface area contributed by atoms with Crippen LogP contribution < -0.4 is 4.90 Å². The van der Waals surface area contributed by atoms with Gasteiger partial charge in [-0.15, -0.1) is 11.3 Å². The summed E-state index contributed by atoms with van der Waals surface area (Å²) < 4.78 is 0. The van der Waals surface area contributed by atoms with E-state index in [-0.39, 0.29) is 12.0 Å². The fourth-order valence-corrected chi connectivity index (χ4v) is 4.64. The zero-order valence-electron chi connectivity index (χ0n) is 11.5. The number of fused-ring (bicyclic) bond motifs is 2. The molecule has 2 saturated heterocycles. The van der Waals surface area contributed by atoms with Crippen molar-refractivity contribution in [3.63, 3.8) is 0 Å². The number of anilines is 1. The zero-order valence-corrected chi connectivity index (χ0v) is 12.3. The quantitative estimate of drug-likeness (QED) is 0.945. The summed E-state index contributed by atoms with van der Waals surface area (Å²) in [6.45, 7) is 0. The van der Waals surface area contributed by atoms with Gasteiger partial charge in [0.15, 0.2) is 5.13 Å². The first-order valence-electron chi connectivity index (χ1n) is 7.26. The molecule has 0 aliphatic carbocycles. The number of nitrogens with zero attached hydrogens (tertiary/aromatic N) is 2. The first-order chi connectivity index (χ1) is 10.2. The van der Waals surface area contributed by atoms with Crippen molar-refractivity contribution in [2.24, 2.45) is 5.92 Å². The SMILES string of the molecule is O=C(O)C1CC2CCC1N2c1nc(-c2ccccc2)cs1. The number of hydrogen-bond acceptors (Lipinski definition) is 4. The van der Waals surface area contributed by atoms with E-state index < -0.39 is 5.97 Å². The molecule has 0 spiro atoms. The van der Waals surface area contributed by atoms with Crippen LogP contribution in [0.4, 0.5) is 5.13 Å². The largest absolute Gasteiger partial charge is 0.481 e. The molecule has 0 amide bonds. The van der Waals surface area contributed by atoms with Gasteiger partial charge in [0.25, 0.3) is 0 Å². The first-order valence-corrected chi connectivity index (χ1v) is 8.14. The van der Waals surface area contributed by atoms with Gasteiger partial charge < -0.3 is 10.0 Å². The third-order valence-electron chi connectivity index (χ3n) is 4.64. The molecule has 1 aromatic heterocycles. The van der Waals surface area contributed by atoms with Gasteiger partial charge in [0.05, 0.1) is 11.6 Å². The van der Waals surface area contributed by atoms with E-state index in [4.69, 9.17) is 4.98 Å². The molecule has 2 aliphatic heterocycles. The van der Waals surface area contributed by atoms with Crippen molar-refractivity contribution in [1.82, 2.24) is 4.98 Å². The fourth-order valence-electron chi connectivity index (χ4n) is 3.68. The highest BCUT2D eigenvalue weighted by Gasteiger charge is 2.50. The first kappa shape index (κ1) is 12.8. The molecule has 4 nitrogen and oxygen atoms in total. The molecule has 4 rings (SSSR count). The summed E-state index contributed by atoms with van der Waals surface area (Å²) in [6.07, 6.45) is 2.83.